The van der Waals surface area contributed by atoms with E-state index >= 15 is 0 Å². The number of nitrogens with one attached hydrogen (secondary N) is 2. The van der Waals surface area contributed by atoms with Crippen molar-refractivity contribution in [1.82, 2.24) is 4.98 Å². The van der Waals surface area contributed by atoms with E-state index in [0.29, 0.717) is 11.4 Å². The van der Waals surface area contributed by atoms with Crippen molar-refractivity contribution >= 4 is 27.5 Å². The minimum Gasteiger partial charge on any atom is -0.322 e. The molecule has 0 fully saturated rings. The van der Waals surface area contributed by atoms with E-state index in [9.17, 15) is 9.59 Å². The normalized spacial score (nSPS) is 10.4. The van der Waals surface area contributed by atoms with Crippen molar-refractivity contribution < 1.29 is 4.79 Å². The van der Waals surface area contributed by atoms with Gasteiger partial charge < -0.3 is 10.3 Å². The highest BCUT2D eigenvalue weighted by Crippen LogP contribution is 2.20. The highest BCUT2D eigenvalue weighted by molar-refractivity contribution is 9.10. The van der Waals surface area contributed by atoms with Gasteiger partial charge >= 0.3 is 0 Å². The van der Waals surface area contributed by atoms with Crippen LogP contribution in [-0.4, -0.2) is 10.9 Å². The monoisotopic (exact) mass is 382 g/mol. The molecule has 120 valence electrons. The number of carbonyl (C=O) groups excluding carboxylic acids is 1. The summed E-state index contributed by atoms with van der Waals surface area (Å²) in [5.41, 5.74) is 2.88. The fourth-order valence-corrected chi connectivity index (χ4v) is 2.61. The van der Waals surface area contributed by atoms with Crippen molar-refractivity contribution in [2.24, 2.45) is 0 Å². The average molecular weight is 383 g/mol. The van der Waals surface area contributed by atoms with Gasteiger partial charge in [0.1, 0.15) is 5.56 Å². The fourth-order valence-electron chi connectivity index (χ4n) is 2.36. The number of benzene rings is 2. The zero-order chi connectivity index (χ0) is 17.1. The van der Waals surface area contributed by atoms with Crippen molar-refractivity contribution in [2.45, 2.75) is 6.92 Å². The van der Waals surface area contributed by atoms with Crippen LogP contribution in [0, 0.1) is 6.92 Å². The van der Waals surface area contributed by atoms with Crippen LogP contribution in [0.4, 0.5) is 5.69 Å². The van der Waals surface area contributed by atoms with Gasteiger partial charge in [0.2, 0.25) is 0 Å². The Kier molecular flexibility index (Phi) is 4.62. The third kappa shape index (κ3) is 3.46. The van der Waals surface area contributed by atoms with Crippen LogP contribution in [0.1, 0.15) is 15.9 Å². The summed E-state index contributed by atoms with van der Waals surface area (Å²) in [6.45, 7) is 1.93. The first-order valence-electron chi connectivity index (χ1n) is 7.41. The first kappa shape index (κ1) is 16.2. The number of halogens is 1. The molecular formula is C19H15BrN2O2. The molecule has 1 aromatic heterocycles. The van der Waals surface area contributed by atoms with Crippen LogP contribution in [0.5, 0.6) is 0 Å². The number of aromatic amines is 1. The minimum absolute atomic E-state index is 0.0789. The Bertz CT molecular complexity index is 949. The third-order valence-electron chi connectivity index (χ3n) is 3.65. The molecule has 1 heterocycles. The van der Waals surface area contributed by atoms with E-state index in [1.807, 2.05) is 49.4 Å². The molecule has 2 aromatic carbocycles. The van der Waals surface area contributed by atoms with Gasteiger partial charge in [0.05, 0.1) is 0 Å². The second-order valence-electron chi connectivity index (χ2n) is 5.40. The van der Waals surface area contributed by atoms with Crippen molar-refractivity contribution in [2.75, 3.05) is 5.32 Å². The number of aromatic nitrogens is 1. The molecule has 2 N–H and O–H groups in total. The predicted octanol–water partition coefficient (Wildman–Crippen LogP) is 4.37. The molecule has 0 aliphatic rings. The van der Waals surface area contributed by atoms with E-state index in [2.05, 4.69) is 26.2 Å². The summed E-state index contributed by atoms with van der Waals surface area (Å²) in [6, 6.07) is 18.2. The van der Waals surface area contributed by atoms with Crippen LogP contribution in [0.15, 0.2) is 69.9 Å². The maximum absolute atomic E-state index is 12.3. The van der Waals surface area contributed by atoms with Crippen molar-refractivity contribution in [1.29, 1.82) is 0 Å². The number of carbonyl (C=O) groups is 1. The van der Waals surface area contributed by atoms with Crippen molar-refractivity contribution in [3.8, 4) is 11.3 Å². The lowest BCUT2D eigenvalue weighted by Gasteiger charge is -2.08. The smallest absolute Gasteiger partial charge is 0.261 e. The van der Waals surface area contributed by atoms with Crippen molar-refractivity contribution in [3.05, 3.63) is 86.6 Å². The largest absolute Gasteiger partial charge is 0.322 e. The molecule has 0 unspecified atom stereocenters. The summed E-state index contributed by atoms with van der Waals surface area (Å²) in [5, 5.41) is 2.75. The number of rotatable bonds is 3. The van der Waals surface area contributed by atoms with Gasteiger partial charge in [0, 0.05) is 15.9 Å². The molecular weight excluding hydrogens is 368 g/mol. The maximum Gasteiger partial charge on any atom is 0.261 e. The molecule has 4 nitrogen and oxygen atoms in total. The van der Waals surface area contributed by atoms with Gasteiger partial charge in [-0.2, -0.15) is 0 Å². The third-order valence-corrected chi connectivity index (χ3v) is 4.54. The molecule has 0 bridgehead atoms. The van der Waals surface area contributed by atoms with Crippen LogP contribution in [0.25, 0.3) is 11.3 Å². The Morgan fingerprint density at radius 2 is 1.79 bits per heavy atom. The summed E-state index contributed by atoms with van der Waals surface area (Å²) in [6.07, 6.45) is 0. The van der Waals surface area contributed by atoms with Gasteiger partial charge in [0.25, 0.3) is 11.5 Å². The van der Waals surface area contributed by atoms with Crippen LogP contribution in [-0.2, 0) is 0 Å². The van der Waals surface area contributed by atoms with E-state index < -0.39 is 11.5 Å². The first-order valence-corrected chi connectivity index (χ1v) is 8.20. The Morgan fingerprint density at radius 3 is 2.46 bits per heavy atom. The Labute approximate surface area is 147 Å². The highest BCUT2D eigenvalue weighted by Gasteiger charge is 2.12. The molecule has 24 heavy (non-hydrogen) atoms. The van der Waals surface area contributed by atoms with Crippen LogP contribution in [0.3, 0.4) is 0 Å². The zero-order valence-electron chi connectivity index (χ0n) is 13.0. The number of anilines is 1. The minimum atomic E-state index is -0.433. The molecule has 0 aliphatic carbocycles. The van der Waals surface area contributed by atoms with Gasteiger partial charge in [-0.15, -0.1) is 0 Å². The van der Waals surface area contributed by atoms with E-state index in [4.69, 9.17) is 0 Å². The fraction of sp³-hybridized carbons (Fsp3) is 0.0526. The lowest BCUT2D eigenvalue weighted by Crippen LogP contribution is -2.23. The Morgan fingerprint density at radius 1 is 1.04 bits per heavy atom. The highest BCUT2D eigenvalue weighted by atomic mass is 79.9. The van der Waals surface area contributed by atoms with Crippen LogP contribution < -0.4 is 10.9 Å². The van der Waals surface area contributed by atoms with Gasteiger partial charge in [-0.05, 0) is 48.4 Å². The maximum atomic E-state index is 12.3. The lowest BCUT2D eigenvalue weighted by atomic mass is 10.1. The SMILES string of the molecule is Cc1cc(NC(=O)c2ccc(-c3ccccc3)[nH]c2=O)ccc1Br. The van der Waals surface area contributed by atoms with Gasteiger partial charge in [0.15, 0.2) is 0 Å². The summed E-state index contributed by atoms with van der Waals surface area (Å²) >= 11 is 3.41. The molecule has 0 saturated carbocycles. The van der Waals surface area contributed by atoms with E-state index in [1.165, 1.54) is 0 Å². The summed E-state index contributed by atoms with van der Waals surface area (Å²) in [4.78, 5) is 27.3. The quantitative estimate of drug-likeness (QED) is 0.706. The summed E-state index contributed by atoms with van der Waals surface area (Å²) < 4.78 is 0.963. The van der Waals surface area contributed by atoms with Gasteiger partial charge in [-0.25, -0.2) is 0 Å². The number of pyridine rings is 1. The summed E-state index contributed by atoms with van der Waals surface area (Å²) in [7, 11) is 0. The standard InChI is InChI=1S/C19H15BrN2O2/c1-12-11-14(7-9-16(12)20)21-18(23)15-8-10-17(22-19(15)24)13-5-3-2-4-6-13/h2-11H,1H3,(H,21,23)(H,22,24). The number of hydrogen-bond donors (Lipinski definition) is 2. The number of hydrogen-bond acceptors (Lipinski definition) is 2. The predicted molar refractivity (Wildman–Crippen MR) is 99.3 cm³/mol. The average Bonchev–Trinajstić information content (AvgIpc) is 2.59. The van der Waals surface area contributed by atoms with Crippen molar-refractivity contribution in [3.63, 3.8) is 0 Å². The Balaban J connectivity index is 1.85. The first-order chi connectivity index (χ1) is 11.5. The summed E-state index contributed by atoms with van der Waals surface area (Å²) in [5.74, 6) is -0.433. The molecule has 1 amide bonds. The molecule has 5 heteroatoms. The zero-order valence-corrected chi connectivity index (χ0v) is 14.6. The van der Waals surface area contributed by atoms with Gasteiger partial charge in [-0.1, -0.05) is 46.3 Å². The molecule has 0 aliphatic heterocycles. The Hall–Kier alpha value is -2.66. The molecule has 3 aromatic rings. The number of aryl methyl sites for hydroxylation is 1. The molecule has 0 spiro atoms. The van der Waals surface area contributed by atoms with E-state index in [1.54, 1.807) is 18.2 Å². The second-order valence-corrected chi connectivity index (χ2v) is 6.25. The molecule has 0 atom stereocenters. The van der Waals surface area contributed by atoms with Gasteiger partial charge in [-0.3, -0.25) is 9.59 Å². The molecule has 3 rings (SSSR count). The molecule has 0 radical (unpaired) electrons. The lowest BCUT2D eigenvalue weighted by molar-refractivity contribution is 0.102. The topological polar surface area (TPSA) is 62.0 Å². The van der Waals surface area contributed by atoms with Crippen LogP contribution in [0.2, 0.25) is 0 Å². The van der Waals surface area contributed by atoms with E-state index in [0.717, 1.165) is 15.6 Å². The number of amides is 1. The van der Waals surface area contributed by atoms with E-state index in [-0.39, 0.29) is 5.56 Å². The second kappa shape index (κ2) is 6.84. The molecule has 0 saturated heterocycles. The van der Waals surface area contributed by atoms with Crippen LogP contribution >= 0.6 is 15.9 Å². The number of H-pyrrole nitrogens is 1.